The molecule has 0 radical (unpaired) electrons. The largest absolute Gasteiger partial charge is 0.465 e. The molecule has 2 rings (SSSR count). The summed E-state index contributed by atoms with van der Waals surface area (Å²) in [5, 5.41) is 2.75. The number of hydrogen-bond donors (Lipinski definition) is 2. The molecule has 0 unspecified atom stereocenters. The summed E-state index contributed by atoms with van der Waals surface area (Å²) in [7, 11) is 1.30. The number of aromatic amines is 1. The summed E-state index contributed by atoms with van der Waals surface area (Å²) in [4.78, 5) is 39.6. The molecule has 1 fully saturated rings. The Morgan fingerprint density at radius 1 is 1.29 bits per heavy atom. The fraction of sp³-hybridized carbons (Fsp3) is 0.588. The smallest absolute Gasteiger partial charge is 0.339 e. The third-order valence-corrected chi connectivity index (χ3v) is 4.22. The third kappa shape index (κ3) is 3.60. The molecule has 1 aliphatic rings. The van der Waals surface area contributed by atoms with Gasteiger partial charge in [-0.3, -0.25) is 4.79 Å². The van der Waals surface area contributed by atoms with Crippen LogP contribution in [0.4, 0.5) is 0 Å². The molecule has 1 saturated carbocycles. The number of carbonyl (C=O) groups excluding carboxylic acids is 3. The van der Waals surface area contributed by atoms with E-state index in [1.807, 2.05) is 6.92 Å². The highest BCUT2D eigenvalue weighted by atomic mass is 16.5. The van der Waals surface area contributed by atoms with Crippen molar-refractivity contribution in [1.82, 2.24) is 10.3 Å². The van der Waals surface area contributed by atoms with Gasteiger partial charge >= 0.3 is 11.9 Å². The number of nitrogens with one attached hydrogen (secondary N) is 2. The number of rotatable bonds is 7. The van der Waals surface area contributed by atoms with Gasteiger partial charge in [0.05, 0.1) is 19.3 Å². The second-order valence-corrected chi connectivity index (χ2v) is 5.86. The third-order valence-electron chi connectivity index (χ3n) is 4.22. The van der Waals surface area contributed by atoms with E-state index < -0.39 is 23.9 Å². The Balaban J connectivity index is 2.24. The lowest BCUT2D eigenvalue weighted by molar-refractivity contribution is -0.146. The standard InChI is InChI=1S/C17H24N2O5/c1-5-11-12(16(21)23-4)9(3)13(18-11)15(20)19-14(10-7-8-10)17(22)24-6-2/h10,14,18H,5-8H2,1-4H3,(H,19,20)/t14-/m0/s1. The zero-order valence-electron chi connectivity index (χ0n) is 14.5. The van der Waals surface area contributed by atoms with E-state index in [2.05, 4.69) is 10.3 Å². The van der Waals surface area contributed by atoms with Gasteiger partial charge in [-0.05, 0) is 44.6 Å². The van der Waals surface area contributed by atoms with Crippen molar-refractivity contribution < 1.29 is 23.9 Å². The Morgan fingerprint density at radius 3 is 2.46 bits per heavy atom. The summed E-state index contributed by atoms with van der Waals surface area (Å²) < 4.78 is 9.83. The lowest BCUT2D eigenvalue weighted by Gasteiger charge is -2.16. The quantitative estimate of drug-likeness (QED) is 0.739. The lowest BCUT2D eigenvalue weighted by atomic mass is 10.1. The van der Waals surface area contributed by atoms with Gasteiger partial charge in [0.2, 0.25) is 0 Å². The van der Waals surface area contributed by atoms with Crippen molar-refractivity contribution in [3.8, 4) is 0 Å². The molecule has 2 N–H and O–H groups in total. The van der Waals surface area contributed by atoms with E-state index in [4.69, 9.17) is 9.47 Å². The van der Waals surface area contributed by atoms with Crippen LogP contribution in [0.1, 0.15) is 58.8 Å². The molecule has 1 aliphatic carbocycles. The van der Waals surface area contributed by atoms with Gasteiger partial charge in [0, 0.05) is 5.69 Å². The first-order valence-electron chi connectivity index (χ1n) is 8.21. The molecular formula is C17H24N2O5. The molecule has 7 nitrogen and oxygen atoms in total. The second kappa shape index (κ2) is 7.51. The summed E-state index contributed by atoms with van der Waals surface area (Å²) in [6, 6.07) is -0.646. The predicted molar refractivity (Wildman–Crippen MR) is 86.9 cm³/mol. The van der Waals surface area contributed by atoms with Gasteiger partial charge in [-0.25, -0.2) is 9.59 Å². The maximum Gasteiger partial charge on any atom is 0.339 e. The summed E-state index contributed by atoms with van der Waals surface area (Å²) in [5.74, 6) is -1.19. The number of carbonyl (C=O) groups is 3. The van der Waals surface area contributed by atoms with Crippen molar-refractivity contribution in [1.29, 1.82) is 0 Å². The van der Waals surface area contributed by atoms with Crippen LogP contribution in [0, 0.1) is 12.8 Å². The molecule has 132 valence electrons. The van der Waals surface area contributed by atoms with Gasteiger partial charge in [-0.2, -0.15) is 0 Å². The summed E-state index contributed by atoms with van der Waals surface area (Å²) in [6.07, 6.45) is 2.34. The zero-order valence-corrected chi connectivity index (χ0v) is 14.5. The number of H-pyrrole nitrogens is 1. The fourth-order valence-electron chi connectivity index (χ4n) is 2.77. The summed E-state index contributed by atoms with van der Waals surface area (Å²) in [5.41, 5.74) is 1.82. The Labute approximate surface area is 141 Å². The fourth-order valence-corrected chi connectivity index (χ4v) is 2.77. The molecule has 0 saturated heterocycles. The number of aryl methyl sites for hydroxylation is 1. The minimum atomic E-state index is -0.646. The number of amides is 1. The van der Waals surface area contributed by atoms with E-state index >= 15 is 0 Å². The molecule has 0 bridgehead atoms. The SMILES string of the molecule is CCOC(=O)[C@@H](NC(=O)c1[nH]c(CC)c(C(=O)OC)c1C)C1CC1. The first kappa shape index (κ1) is 18.0. The number of methoxy groups -OCH3 is 1. The molecule has 7 heteroatoms. The van der Waals surface area contributed by atoms with Crippen molar-refractivity contribution in [3.63, 3.8) is 0 Å². The number of hydrogen-bond acceptors (Lipinski definition) is 5. The molecular weight excluding hydrogens is 312 g/mol. The summed E-state index contributed by atoms with van der Waals surface area (Å²) >= 11 is 0. The topological polar surface area (TPSA) is 97.5 Å². The normalized spacial score (nSPS) is 14.8. The van der Waals surface area contributed by atoms with Crippen LogP contribution in [0.2, 0.25) is 0 Å². The molecule has 0 aliphatic heterocycles. The van der Waals surface area contributed by atoms with E-state index in [0.717, 1.165) is 12.8 Å². The van der Waals surface area contributed by atoms with Crippen LogP contribution in [0.25, 0.3) is 0 Å². The minimum Gasteiger partial charge on any atom is -0.465 e. The number of aromatic nitrogens is 1. The molecule has 1 aromatic rings. The van der Waals surface area contributed by atoms with Crippen LogP contribution in [0.3, 0.4) is 0 Å². The first-order valence-corrected chi connectivity index (χ1v) is 8.21. The molecule has 1 aromatic heterocycles. The molecule has 0 spiro atoms. The van der Waals surface area contributed by atoms with E-state index in [1.54, 1.807) is 13.8 Å². The number of esters is 2. The molecule has 1 amide bonds. The van der Waals surface area contributed by atoms with Crippen LogP contribution in [-0.2, 0) is 20.7 Å². The molecule has 24 heavy (non-hydrogen) atoms. The first-order chi connectivity index (χ1) is 11.4. The molecule has 1 heterocycles. The van der Waals surface area contributed by atoms with Crippen LogP contribution in [-0.4, -0.2) is 42.6 Å². The maximum atomic E-state index is 12.6. The van der Waals surface area contributed by atoms with E-state index in [1.165, 1.54) is 7.11 Å². The highest BCUT2D eigenvalue weighted by Crippen LogP contribution is 2.33. The Bertz CT molecular complexity index is 646. The van der Waals surface area contributed by atoms with Crippen LogP contribution in [0.15, 0.2) is 0 Å². The Hall–Kier alpha value is -2.31. The van der Waals surface area contributed by atoms with Crippen molar-refractivity contribution in [2.75, 3.05) is 13.7 Å². The van der Waals surface area contributed by atoms with Gasteiger partial charge < -0.3 is 19.8 Å². The van der Waals surface area contributed by atoms with Gasteiger partial charge in [0.25, 0.3) is 5.91 Å². The van der Waals surface area contributed by atoms with Crippen molar-refractivity contribution in [3.05, 3.63) is 22.5 Å². The van der Waals surface area contributed by atoms with E-state index in [0.29, 0.717) is 23.2 Å². The number of ether oxygens (including phenoxy) is 2. The molecule has 0 aromatic carbocycles. The van der Waals surface area contributed by atoms with Crippen LogP contribution >= 0.6 is 0 Å². The molecule has 1 atom stereocenters. The van der Waals surface area contributed by atoms with Gasteiger partial charge in [-0.1, -0.05) is 6.92 Å². The average Bonchev–Trinajstić information content (AvgIpc) is 3.34. The van der Waals surface area contributed by atoms with Crippen LogP contribution < -0.4 is 5.32 Å². The Kier molecular flexibility index (Phi) is 5.64. The van der Waals surface area contributed by atoms with Gasteiger partial charge in [-0.15, -0.1) is 0 Å². The van der Waals surface area contributed by atoms with Crippen molar-refractivity contribution >= 4 is 17.8 Å². The lowest BCUT2D eigenvalue weighted by Crippen LogP contribution is -2.43. The minimum absolute atomic E-state index is 0.119. The zero-order chi connectivity index (χ0) is 17.9. The maximum absolute atomic E-state index is 12.6. The van der Waals surface area contributed by atoms with Gasteiger partial charge in [0.15, 0.2) is 0 Å². The predicted octanol–water partition coefficient (Wildman–Crippen LogP) is 1.74. The van der Waals surface area contributed by atoms with Gasteiger partial charge in [0.1, 0.15) is 11.7 Å². The second-order valence-electron chi connectivity index (χ2n) is 5.86. The Morgan fingerprint density at radius 2 is 1.96 bits per heavy atom. The highest BCUT2D eigenvalue weighted by molar-refractivity contribution is 6.01. The summed E-state index contributed by atoms with van der Waals surface area (Å²) in [6.45, 7) is 5.57. The average molecular weight is 336 g/mol. The van der Waals surface area contributed by atoms with E-state index in [-0.39, 0.29) is 18.2 Å². The van der Waals surface area contributed by atoms with Crippen molar-refractivity contribution in [2.24, 2.45) is 5.92 Å². The van der Waals surface area contributed by atoms with E-state index in [9.17, 15) is 14.4 Å². The highest BCUT2D eigenvalue weighted by Gasteiger charge is 2.39. The monoisotopic (exact) mass is 336 g/mol. The van der Waals surface area contributed by atoms with Crippen molar-refractivity contribution in [2.45, 2.75) is 46.1 Å². The van der Waals surface area contributed by atoms with Crippen LogP contribution in [0.5, 0.6) is 0 Å².